The number of anilines is 1. The van der Waals surface area contributed by atoms with Crippen molar-refractivity contribution in [2.24, 2.45) is 11.7 Å². The highest BCUT2D eigenvalue weighted by Crippen LogP contribution is 2.29. The van der Waals surface area contributed by atoms with Crippen LogP contribution in [0.2, 0.25) is 0 Å². The number of hydrogen-bond acceptors (Lipinski definition) is 3. The Balaban J connectivity index is 1.60. The maximum Gasteiger partial charge on any atom is 0.121 e. The van der Waals surface area contributed by atoms with E-state index in [1.54, 1.807) is 0 Å². The average molecular weight is 288 g/mol. The Labute approximate surface area is 128 Å². The van der Waals surface area contributed by atoms with Crippen molar-refractivity contribution in [3.05, 3.63) is 24.3 Å². The first kappa shape index (κ1) is 14.7. The van der Waals surface area contributed by atoms with Gasteiger partial charge < -0.3 is 15.4 Å². The molecule has 0 unspecified atom stereocenters. The lowest BCUT2D eigenvalue weighted by Crippen LogP contribution is -2.39. The maximum atomic E-state index is 6.20. The van der Waals surface area contributed by atoms with Crippen LogP contribution in [0, 0.1) is 5.92 Å². The predicted octanol–water partition coefficient (Wildman–Crippen LogP) is 3.57. The summed E-state index contributed by atoms with van der Waals surface area (Å²) in [6, 6.07) is 8.98. The third kappa shape index (κ3) is 3.91. The Morgan fingerprint density at radius 1 is 1.05 bits per heavy atom. The summed E-state index contributed by atoms with van der Waals surface area (Å²) in [5, 5.41) is 0. The van der Waals surface area contributed by atoms with Crippen molar-refractivity contribution in [3.63, 3.8) is 0 Å². The smallest absolute Gasteiger partial charge is 0.121 e. The maximum absolute atomic E-state index is 6.20. The lowest BCUT2D eigenvalue weighted by Gasteiger charge is -2.32. The minimum Gasteiger partial charge on any atom is -0.490 e. The van der Waals surface area contributed by atoms with Crippen molar-refractivity contribution in [1.29, 1.82) is 0 Å². The van der Waals surface area contributed by atoms with E-state index in [2.05, 4.69) is 36.1 Å². The van der Waals surface area contributed by atoms with Crippen molar-refractivity contribution >= 4 is 5.69 Å². The summed E-state index contributed by atoms with van der Waals surface area (Å²) in [6.45, 7) is 4.47. The van der Waals surface area contributed by atoms with E-state index in [4.69, 9.17) is 10.5 Å². The monoisotopic (exact) mass is 288 g/mol. The van der Waals surface area contributed by atoms with Gasteiger partial charge in [-0.3, -0.25) is 0 Å². The molecule has 116 valence electrons. The van der Waals surface area contributed by atoms with Crippen LogP contribution in [0.3, 0.4) is 0 Å². The van der Waals surface area contributed by atoms with E-state index < -0.39 is 0 Å². The lowest BCUT2D eigenvalue weighted by molar-refractivity contribution is 0.135. The van der Waals surface area contributed by atoms with Crippen LogP contribution in [0.4, 0.5) is 5.69 Å². The molecule has 1 aromatic rings. The molecule has 0 amide bonds. The van der Waals surface area contributed by atoms with E-state index in [1.807, 2.05) is 0 Å². The summed E-state index contributed by atoms with van der Waals surface area (Å²) in [6.07, 6.45) is 7.58. The Bertz CT molecular complexity index is 446. The van der Waals surface area contributed by atoms with Crippen LogP contribution in [-0.4, -0.2) is 25.2 Å². The van der Waals surface area contributed by atoms with Crippen LogP contribution in [0.1, 0.15) is 45.4 Å². The minimum atomic E-state index is 0.380. The van der Waals surface area contributed by atoms with Crippen LogP contribution in [-0.2, 0) is 0 Å². The fraction of sp³-hybridized carbons (Fsp3) is 0.667. The van der Waals surface area contributed by atoms with Crippen LogP contribution < -0.4 is 15.4 Å². The van der Waals surface area contributed by atoms with Crippen LogP contribution in [0.5, 0.6) is 5.75 Å². The van der Waals surface area contributed by atoms with Gasteiger partial charge in [0.1, 0.15) is 5.75 Å². The minimum absolute atomic E-state index is 0.380. The summed E-state index contributed by atoms with van der Waals surface area (Å²) < 4.78 is 6.20. The van der Waals surface area contributed by atoms with E-state index >= 15 is 0 Å². The quantitative estimate of drug-likeness (QED) is 0.924. The average Bonchev–Trinajstić information content (AvgIpc) is 2.51. The van der Waals surface area contributed by atoms with Gasteiger partial charge >= 0.3 is 0 Å². The Hall–Kier alpha value is -1.22. The summed E-state index contributed by atoms with van der Waals surface area (Å²) in [5.41, 5.74) is 7.27. The summed E-state index contributed by atoms with van der Waals surface area (Å²) >= 11 is 0. The summed E-state index contributed by atoms with van der Waals surface area (Å²) in [4.78, 5) is 2.43. The molecule has 21 heavy (non-hydrogen) atoms. The first-order valence-electron chi connectivity index (χ1n) is 8.48. The molecule has 2 fully saturated rings. The molecule has 1 saturated heterocycles. The highest BCUT2D eigenvalue weighted by atomic mass is 16.5. The molecule has 2 N–H and O–H groups in total. The van der Waals surface area contributed by atoms with Crippen molar-refractivity contribution in [2.45, 2.75) is 57.6 Å². The molecule has 3 nitrogen and oxygen atoms in total. The third-order valence-corrected chi connectivity index (χ3v) is 4.99. The molecule has 0 atom stereocenters. The number of hydrogen-bond donors (Lipinski definition) is 1. The Morgan fingerprint density at radius 2 is 1.76 bits per heavy atom. The van der Waals surface area contributed by atoms with Crippen LogP contribution in [0.25, 0.3) is 0 Å². The second kappa shape index (κ2) is 6.69. The van der Waals surface area contributed by atoms with Gasteiger partial charge in [-0.1, -0.05) is 13.0 Å². The Morgan fingerprint density at radius 3 is 2.48 bits per heavy atom. The van der Waals surface area contributed by atoms with Gasteiger partial charge in [0.15, 0.2) is 0 Å². The van der Waals surface area contributed by atoms with E-state index in [-0.39, 0.29) is 0 Å². The molecule has 2 aliphatic rings. The predicted molar refractivity (Wildman–Crippen MR) is 87.9 cm³/mol. The highest BCUT2D eigenvalue weighted by Gasteiger charge is 2.20. The molecule has 1 aromatic carbocycles. The SMILES string of the molecule is CC1CCC(Oc2cccc(N3CCC(N)CC3)c2)CC1. The van der Waals surface area contributed by atoms with E-state index in [0.29, 0.717) is 12.1 Å². The molecule has 0 radical (unpaired) electrons. The first-order valence-corrected chi connectivity index (χ1v) is 8.48. The number of nitrogens with zero attached hydrogens (tertiary/aromatic N) is 1. The van der Waals surface area contributed by atoms with Gasteiger partial charge in [-0.15, -0.1) is 0 Å². The van der Waals surface area contributed by atoms with Crippen molar-refractivity contribution in [2.75, 3.05) is 18.0 Å². The van der Waals surface area contributed by atoms with Crippen molar-refractivity contribution in [3.8, 4) is 5.75 Å². The molecule has 0 spiro atoms. The molecule has 1 aliphatic carbocycles. The number of rotatable bonds is 3. The summed E-state index contributed by atoms with van der Waals surface area (Å²) in [5.74, 6) is 1.90. The highest BCUT2D eigenvalue weighted by molar-refractivity contribution is 5.51. The second-order valence-corrected chi connectivity index (χ2v) is 6.82. The fourth-order valence-electron chi connectivity index (χ4n) is 3.45. The largest absolute Gasteiger partial charge is 0.490 e. The molecule has 3 rings (SSSR count). The van der Waals surface area contributed by atoms with E-state index in [9.17, 15) is 0 Å². The number of ether oxygens (including phenoxy) is 1. The van der Waals surface area contributed by atoms with E-state index in [1.165, 1.54) is 31.4 Å². The zero-order chi connectivity index (χ0) is 14.7. The van der Waals surface area contributed by atoms with Gasteiger partial charge in [0.2, 0.25) is 0 Å². The molecule has 0 aromatic heterocycles. The van der Waals surface area contributed by atoms with Gasteiger partial charge in [0.25, 0.3) is 0 Å². The second-order valence-electron chi connectivity index (χ2n) is 6.82. The van der Waals surface area contributed by atoms with Gasteiger partial charge in [-0.25, -0.2) is 0 Å². The van der Waals surface area contributed by atoms with Gasteiger partial charge in [0.05, 0.1) is 6.10 Å². The zero-order valence-corrected chi connectivity index (χ0v) is 13.1. The normalized spacial score (nSPS) is 27.6. The van der Waals surface area contributed by atoms with Crippen molar-refractivity contribution < 1.29 is 4.74 Å². The van der Waals surface area contributed by atoms with Crippen molar-refractivity contribution in [1.82, 2.24) is 0 Å². The standard InChI is InChI=1S/C18H28N2O/c1-14-5-7-17(8-6-14)21-18-4-2-3-16(13-18)20-11-9-15(19)10-12-20/h2-4,13-15,17H,5-12,19H2,1H3. The number of benzene rings is 1. The number of piperidine rings is 1. The van der Waals surface area contributed by atoms with Crippen LogP contribution >= 0.6 is 0 Å². The molecule has 1 saturated carbocycles. The lowest BCUT2D eigenvalue weighted by atomic mass is 9.89. The number of nitrogens with two attached hydrogens (primary N) is 1. The molecule has 0 bridgehead atoms. The molecule has 3 heteroatoms. The molecular weight excluding hydrogens is 260 g/mol. The van der Waals surface area contributed by atoms with Crippen LogP contribution in [0.15, 0.2) is 24.3 Å². The third-order valence-electron chi connectivity index (χ3n) is 4.99. The fourth-order valence-corrected chi connectivity index (χ4v) is 3.45. The van der Waals surface area contributed by atoms with Gasteiger partial charge in [-0.2, -0.15) is 0 Å². The summed E-state index contributed by atoms with van der Waals surface area (Å²) in [7, 11) is 0. The van der Waals surface area contributed by atoms with E-state index in [0.717, 1.165) is 37.6 Å². The first-order chi connectivity index (χ1) is 10.2. The Kier molecular flexibility index (Phi) is 4.69. The molecule has 1 aliphatic heterocycles. The van der Waals surface area contributed by atoms with Gasteiger partial charge in [-0.05, 0) is 56.6 Å². The zero-order valence-electron chi connectivity index (χ0n) is 13.1. The molecule has 1 heterocycles. The topological polar surface area (TPSA) is 38.5 Å². The molecular formula is C18H28N2O. The van der Waals surface area contributed by atoms with Gasteiger partial charge in [0, 0.05) is 30.9 Å².